The molecule has 0 spiro atoms. The van der Waals surface area contributed by atoms with Crippen molar-refractivity contribution in [3.05, 3.63) is 58.6 Å². The number of hydrogen-bond donors (Lipinski definition) is 0. The van der Waals surface area contributed by atoms with E-state index in [9.17, 15) is 9.35 Å². The van der Waals surface area contributed by atoms with Gasteiger partial charge in [0.25, 0.3) is 5.56 Å². The molecule has 0 N–H and O–H groups in total. The lowest BCUT2D eigenvalue weighted by molar-refractivity contribution is 0.00578. The van der Waals surface area contributed by atoms with Gasteiger partial charge in [-0.1, -0.05) is 17.7 Å². The summed E-state index contributed by atoms with van der Waals surface area (Å²) in [6.07, 6.45) is 3.43. The van der Waals surface area contributed by atoms with E-state index in [1.807, 2.05) is 65.0 Å². The van der Waals surface area contributed by atoms with E-state index >= 15 is 0 Å². The zero-order valence-corrected chi connectivity index (χ0v) is 18.4. The van der Waals surface area contributed by atoms with Gasteiger partial charge in [-0.05, 0) is 52.8 Å². The van der Waals surface area contributed by atoms with Gasteiger partial charge in [-0.25, -0.2) is 0 Å². The summed E-state index contributed by atoms with van der Waals surface area (Å²) >= 11 is -1.54. The molecule has 0 bridgehead atoms. The minimum atomic E-state index is -1.54. The Morgan fingerprint density at radius 1 is 1.03 bits per heavy atom. The van der Waals surface area contributed by atoms with Gasteiger partial charge >= 0.3 is 7.12 Å². The lowest BCUT2D eigenvalue weighted by Gasteiger charge is -2.32. The fourth-order valence-corrected chi connectivity index (χ4v) is 4.53. The van der Waals surface area contributed by atoms with Gasteiger partial charge < -0.3 is 18.4 Å². The first-order valence-electron chi connectivity index (χ1n) is 9.57. The second-order valence-electron chi connectivity index (χ2n) is 8.55. The predicted molar refractivity (Wildman–Crippen MR) is 116 cm³/mol. The van der Waals surface area contributed by atoms with Crippen molar-refractivity contribution in [3.8, 4) is 0 Å². The molecule has 3 aromatic rings. The van der Waals surface area contributed by atoms with E-state index in [-0.39, 0.29) is 5.56 Å². The normalized spacial score (nSPS) is 19.1. The van der Waals surface area contributed by atoms with Gasteiger partial charge in [0, 0.05) is 24.1 Å². The average Bonchev–Trinajstić information content (AvgIpc) is 3.17. The van der Waals surface area contributed by atoms with Crippen LogP contribution in [0, 0.1) is 6.92 Å². The second kappa shape index (κ2) is 6.77. The van der Waals surface area contributed by atoms with Crippen LogP contribution in [0.15, 0.2) is 52.4 Å². The molecular weight excluding hydrogens is 387 g/mol. The van der Waals surface area contributed by atoms with Crippen LogP contribution in [-0.4, -0.2) is 31.4 Å². The first kappa shape index (κ1) is 20.3. The highest BCUT2D eigenvalue weighted by atomic mass is 32.2. The largest absolute Gasteiger partial charge is 0.587 e. The third-order valence-electron chi connectivity index (χ3n) is 5.93. The van der Waals surface area contributed by atoms with Crippen molar-refractivity contribution in [1.29, 1.82) is 0 Å². The summed E-state index contributed by atoms with van der Waals surface area (Å²) in [5, 5.41) is 0.687. The fraction of sp³-hybridized carbons (Fsp3) is 0.381. The van der Waals surface area contributed by atoms with Crippen LogP contribution in [-0.2, 0) is 27.7 Å². The van der Waals surface area contributed by atoms with E-state index in [1.54, 1.807) is 19.4 Å². The maximum Gasteiger partial charge on any atom is 0.497 e. The minimum absolute atomic E-state index is 0.217. The molecule has 0 saturated carbocycles. The highest BCUT2D eigenvalue weighted by Crippen LogP contribution is 2.37. The van der Waals surface area contributed by atoms with Crippen LogP contribution in [0.2, 0.25) is 0 Å². The van der Waals surface area contributed by atoms with Crippen LogP contribution >= 0.6 is 0 Å². The highest BCUT2D eigenvalue weighted by molar-refractivity contribution is 7.90. The van der Waals surface area contributed by atoms with E-state index in [1.165, 1.54) is 8.54 Å². The monoisotopic (exact) mass is 412 g/mol. The first-order valence-corrected chi connectivity index (χ1v) is 10.7. The third kappa shape index (κ3) is 3.24. The van der Waals surface area contributed by atoms with Crippen LogP contribution in [0.5, 0.6) is 0 Å². The molecule has 0 amide bonds. The van der Waals surface area contributed by atoms with Crippen LogP contribution in [0.3, 0.4) is 0 Å². The molecule has 4 rings (SSSR count). The maximum absolute atomic E-state index is 13.2. The summed E-state index contributed by atoms with van der Waals surface area (Å²) in [6, 6.07) is 9.27. The van der Waals surface area contributed by atoms with Gasteiger partial charge in [-0.15, -0.1) is 0 Å². The summed E-state index contributed by atoms with van der Waals surface area (Å²) in [6.45, 7) is 9.94. The average molecular weight is 412 g/mol. The van der Waals surface area contributed by atoms with Gasteiger partial charge in [0.15, 0.2) is 10.4 Å². The molecular formula is C21H25BN2O4S. The third-order valence-corrected chi connectivity index (χ3v) is 7.26. The van der Waals surface area contributed by atoms with Gasteiger partial charge in [0.2, 0.25) is 0 Å². The summed E-state index contributed by atoms with van der Waals surface area (Å²) in [7, 11) is 1.07. The number of aryl methyl sites for hydroxylation is 2. The molecule has 1 saturated heterocycles. The molecule has 152 valence electrons. The molecule has 1 fully saturated rings. The van der Waals surface area contributed by atoms with E-state index in [0.717, 1.165) is 11.0 Å². The lowest BCUT2D eigenvalue weighted by Crippen LogP contribution is -2.41. The van der Waals surface area contributed by atoms with Crippen LogP contribution in [0.1, 0.15) is 33.3 Å². The summed E-state index contributed by atoms with van der Waals surface area (Å²) in [5.74, 6) is 0. The molecule has 8 heteroatoms. The van der Waals surface area contributed by atoms with E-state index < -0.39 is 29.7 Å². The van der Waals surface area contributed by atoms with E-state index in [4.69, 9.17) is 9.31 Å². The van der Waals surface area contributed by atoms with Crippen molar-refractivity contribution >= 4 is 34.8 Å². The smallest absolute Gasteiger partial charge is 0.497 e. The Labute approximate surface area is 173 Å². The summed E-state index contributed by atoms with van der Waals surface area (Å²) < 4.78 is 28.6. The highest BCUT2D eigenvalue weighted by Gasteiger charge is 2.52. The molecule has 0 radical (unpaired) electrons. The Hall–Kier alpha value is -2.00. The molecule has 1 aliphatic rings. The van der Waals surface area contributed by atoms with Gasteiger partial charge in [-0.2, -0.15) is 3.97 Å². The first-order chi connectivity index (χ1) is 13.5. The quantitative estimate of drug-likeness (QED) is 0.490. The number of nitrogens with zero attached hydrogens (tertiary/aromatic N) is 2. The number of rotatable bonds is 3. The molecule has 2 aromatic heterocycles. The SMILES string of the molecule is Cc1ccc([S+]([O-])n2ccc3c(B4OC(C)(C)C(C)(C)O4)cn(C)c(=O)c32)cc1. The van der Waals surface area contributed by atoms with Crippen molar-refractivity contribution in [2.75, 3.05) is 0 Å². The standard InChI is InChI=1S/C21H25BN2O4S/c1-14-7-9-15(10-8-14)29(26)24-12-11-16-17(13-23(6)19(25)18(16)24)22-27-20(2,3)21(4,5)28-22/h7-13H,1-6H3. The van der Waals surface area contributed by atoms with E-state index in [0.29, 0.717) is 15.8 Å². The van der Waals surface area contributed by atoms with Crippen LogP contribution in [0.25, 0.3) is 10.9 Å². The molecule has 29 heavy (non-hydrogen) atoms. The van der Waals surface area contributed by atoms with Crippen molar-refractivity contribution < 1.29 is 13.9 Å². The Balaban J connectivity index is 1.85. The van der Waals surface area contributed by atoms with Crippen LogP contribution < -0.4 is 11.0 Å². The van der Waals surface area contributed by atoms with Crippen molar-refractivity contribution in [1.82, 2.24) is 8.54 Å². The Morgan fingerprint density at radius 2 is 1.62 bits per heavy atom. The Morgan fingerprint density at radius 3 is 2.21 bits per heavy atom. The number of benzene rings is 1. The van der Waals surface area contributed by atoms with Crippen molar-refractivity contribution in [2.45, 2.75) is 50.7 Å². The fourth-order valence-electron chi connectivity index (χ4n) is 3.42. The molecule has 0 aliphatic carbocycles. The number of hydrogen-bond acceptors (Lipinski definition) is 4. The zero-order chi connectivity index (χ0) is 21.1. The second-order valence-corrected chi connectivity index (χ2v) is 9.92. The minimum Gasteiger partial charge on any atom is -0.587 e. The summed E-state index contributed by atoms with van der Waals surface area (Å²) in [4.78, 5) is 13.6. The molecule has 6 nitrogen and oxygen atoms in total. The Bertz CT molecular complexity index is 1120. The Kier molecular flexibility index (Phi) is 4.74. The number of fused-ring (bicyclic) bond motifs is 1. The maximum atomic E-state index is 13.2. The summed E-state index contributed by atoms with van der Waals surface area (Å²) in [5.41, 5.74) is 1.00. The molecule has 1 atom stereocenters. The number of pyridine rings is 1. The van der Waals surface area contributed by atoms with Crippen molar-refractivity contribution in [2.24, 2.45) is 7.05 Å². The van der Waals surface area contributed by atoms with Gasteiger partial charge in [-0.3, -0.25) is 4.79 Å². The molecule has 1 unspecified atom stereocenters. The topological polar surface area (TPSA) is 68.5 Å². The van der Waals surface area contributed by atoms with Gasteiger partial charge in [0.1, 0.15) is 11.4 Å². The molecule has 1 aliphatic heterocycles. The number of aromatic nitrogens is 2. The molecule has 3 heterocycles. The zero-order valence-electron chi connectivity index (χ0n) is 17.6. The van der Waals surface area contributed by atoms with Gasteiger partial charge in [0.05, 0.1) is 17.4 Å². The van der Waals surface area contributed by atoms with E-state index in [2.05, 4.69) is 0 Å². The predicted octanol–water partition coefficient (Wildman–Crippen LogP) is 2.52. The molecule has 1 aromatic carbocycles. The van der Waals surface area contributed by atoms with Crippen molar-refractivity contribution in [3.63, 3.8) is 0 Å². The van der Waals surface area contributed by atoms with Crippen LogP contribution in [0.4, 0.5) is 0 Å². The lowest BCUT2D eigenvalue weighted by atomic mass is 9.78.